The van der Waals surface area contributed by atoms with E-state index in [9.17, 15) is 0 Å². The van der Waals surface area contributed by atoms with E-state index in [2.05, 4.69) is 59.4 Å². The minimum absolute atomic E-state index is 0.243. The summed E-state index contributed by atoms with van der Waals surface area (Å²) in [6.45, 7) is 5.20. The van der Waals surface area contributed by atoms with Crippen molar-refractivity contribution in [2.45, 2.75) is 19.9 Å². The Morgan fingerprint density at radius 2 is 2.11 bits per heavy atom. The van der Waals surface area contributed by atoms with Gasteiger partial charge in [0.2, 0.25) is 0 Å². The van der Waals surface area contributed by atoms with Crippen LogP contribution in [0.1, 0.15) is 29.0 Å². The summed E-state index contributed by atoms with van der Waals surface area (Å²) in [5.41, 5.74) is 2.55. The lowest BCUT2D eigenvalue weighted by molar-refractivity contribution is 0.414. The van der Waals surface area contributed by atoms with Gasteiger partial charge in [-0.05, 0) is 64.8 Å². The van der Waals surface area contributed by atoms with E-state index in [1.165, 1.54) is 16.0 Å². The molecule has 0 aliphatic heterocycles. The van der Waals surface area contributed by atoms with Crippen molar-refractivity contribution in [1.29, 1.82) is 0 Å². The summed E-state index contributed by atoms with van der Waals surface area (Å²) in [4.78, 5) is 1.32. The number of hydrogen-bond acceptors (Lipinski definition) is 3. The summed E-state index contributed by atoms with van der Waals surface area (Å²) in [7, 11) is 1.70. The van der Waals surface area contributed by atoms with E-state index in [0.717, 1.165) is 16.1 Å². The maximum atomic E-state index is 5.27. The van der Waals surface area contributed by atoms with Crippen LogP contribution in [0.3, 0.4) is 0 Å². The molecule has 1 atom stereocenters. The van der Waals surface area contributed by atoms with E-state index >= 15 is 0 Å². The van der Waals surface area contributed by atoms with Crippen molar-refractivity contribution in [2.75, 3.05) is 13.7 Å². The van der Waals surface area contributed by atoms with Gasteiger partial charge >= 0.3 is 0 Å². The van der Waals surface area contributed by atoms with Crippen LogP contribution in [-0.2, 0) is 0 Å². The lowest BCUT2D eigenvalue weighted by atomic mass is 9.99. The Bertz CT molecular complexity index is 553. The van der Waals surface area contributed by atoms with Gasteiger partial charge in [-0.3, -0.25) is 0 Å². The monoisotopic (exact) mass is 339 g/mol. The van der Waals surface area contributed by atoms with E-state index < -0.39 is 0 Å². The number of aryl methyl sites for hydroxylation is 1. The number of rotatable bonds is 5. The number of halogens is 1. The molecule has 1 heterocycles. The first-order valence-corrected chi connectivity index (χ1v) is 7.89. The molecule has 0 saturated heterocycles. The predicted molar refractivity (Wildman–Crippen MR) is 85.3 cm³/mol. The van der Waals surface area contributed by atoms with Crippen LogP contribution in [0.2, 0.25) is 0 Å². The molecule has 19 heavy (non-hydrogen) atoms. The SMILES string of the molecule is CCNC(c1ccc(Br)s1)c1ccc(OC)cc1C. The third kappa shape index (κ3) is 3.38. The molecule has 2 aromatic rings. The standard InChI is InChI=1S/C15H18BrNOS/c1-4-17-15(13-7-8-14(16)19-13)12-6-5-11(18-3)9-10(12)2/h5-9,15,17H,4H2,1-3H3. The molecule has 2 rings (SSSR count). The van der Waals surface area contributed by atoms with Crippen molar-refractivity contribution in [1.82, 2.24) is 5.32 Å². The maximum absolute atomic E-state index is 5.27. The fraction of sp³-hybridized carbons (Fsp3) is 0.333. The van der Waals surface area contributed by atoms with Gasteiger partial charge < -0.3 is 10.1 Å². The van der Waals surface area contributed by atoms with Crippen LogP contribution in [0, 0.1) is 6.92 Å². The molecule has 0 fully saturated rings. The van der Waals surface area contributed by atoms with Crippen molar-refractivity contribution in [3.05, 3.63) is 50.1 Å². The van der Waals surface area contributed by atoms with Crippen molar-refractivity contribution in [2.24, 2.45) is 0 Å². The van der Waals surface area contributed by atoms with Crippen LogP contribution in [0.5, 0.6) is 5.75 Å². The molecule has 4 heteroatoms. The Balaban J connectivity index is 2.39. The largest absolute Gasteiger partial charge is 0.497 e. The van der Waals surface area contributed by atoms with Crippen LogP contribution in [0.15, 0.2) is 34.1 Å². The summed E-state index contributed by atoms with van der Waals surface area (Å²) in [5.74, 6) is 0.906. The molecule has 0 saturated carbocycles. The van der Waals surface area contributed by atoms with Crippen LogP contribution < -0.4 is 10.1 Å². The topological polar surface area (TPSA) is 21.3 Å². The van der Waals surface area contributed by atoms with Gasteiger partial charge in [0.15, 0.2) is 0 Å². The second-order valence-corrected chi connectivity index (χ2v) is 6.85. The third-order valence-corrected chi connectivity index (χ3v) is 4.76. The van der Waals surface area contributed by atoms with Gasteiger partial charge in [-0.15, -0.1) is 11.3 Å². The van der Waals surface area contributed by atoms with Crippen LogP contribution in [0.4, 0.5) is 0 Å². The highest BCUT2D eigenvalue weighted by atomic mass is 79.9. The van der Waals surface area contributed by atoms with Crippen molar-refractivity contribution >= 4 is 27.3 Å². The lowest BCUT2D eigenvalue weighted by Crippen LogP contribution is -2.21. The number of nitrogens with one attached hydrogen (secondary N) is 1. The minimum Gasteiger partial charge on any atom is -0.497 e. The molecule has 1 aromatic heterocycles. The highest BCUT2D eigenvalue weighted by Gasteiger charge is 2.17. The highest BCUT2D eigenvalue weighted by molar-refractivity contribution is 9.11. The summed E-state index contributed by atoms with van der Waals surface area (Å²) >= 11 is 5.31. The van der Waals surface area contributed by atoms with E-state index in [4.69, 9.17) is 4.74 Å². The smallest absolute Gasteiger partial charge is 0.119 e. The Morgan fingerprint density at radius 1 is 1.32 bits per heavy atom. The van der Waals surface area contributed by atoms with Crippen LogP contribution in [-0.4, -0.2) is 13.7 Å². The highest BCUT2D eigenvalue weighted by Crippen LogP contribution is 2.33. The first kappa shape index (κ1) is 14.6. The minimum atomic E-state index is 0.243. The Labute approximate surface area is 126 Å². The van der Waals surface area contributed by atoms with Gasteiger partial charge in [0, 0.05) is 4.88 Å². The van der Waals surface area contributed by atoms with E-state index in [-0.39, 0.29) is 6.04 Å². The molecule has 0 amide bonds. The molecule has 102 valence electrons. The maximum Gasteiger partial charge on any atom is 0.119 e. The summed E-state index contributed by atoms with van der Waals surface area (Å²) in [5, 5.41) is 3.56. The molecule has 1 N–H and O–H groups in total. The summed E-state index contributed by atoms with van der Waals surface area (Å²) < 4.78 is 6.44. The Morgan fingerprint density at radius 3 is 2.63 bits per heavy atom. The lowest BCUT2D eigenvalue weighted by Gasteiger charge is -2.19. The van der Waals surface area contributed by atoms with Gasteiger partial charge in [0.25, 0.3) is 0 Å². The van der Waals surface area contributed by atoms with Gasteiger partial charge in [-0.2, -0.15) is 0 Å². The summed E-state index contributed by atoms with van der Waals surface area (Å²) in [6.07, 6.45) is 0. The third-order valence-electron chi connectivity index (χ3n) is 3.07. The quantitative estimate of drug-likeness (QED) is 0.864. The second kappa shape index (κ2) is 6.55. The first-order valence-electron chi connectivity index (χ1n) is 6.29. The normalized spacial score (nSPS) is 12.4. The molecule has 0 bridgehead atoms. The molecular weight excluding hydrogens is 322 g/mol. The zero-order valence-corrected chi connectivity index (χ0v) is 13.8. The van der Waals surface area contributed by atoms with E-state index in [1.54, 1.807) is 18.4 Å². The predicted octanol–water partition coefficient (Wildman–Crippen LogP) is 4.53. The molecule has 0 radical (unpaired) electrons. The van der Waals surface area contributed by atoms with Gasteiger partial charge in [-0.1, -0.05) is 13.0 Å². The fourth-order valence-electron chi connectivity index (χ4n) is 2.15. The number of ether oxygens (including phenoxy) is 1. The van der Waals surface area contributed by atoms with Crippen molar-refractivity contribution in [3.63, 3.8) is 0 Å². The average molecular weight is 340 g/mol. The number of thiophene rings is 1. The number of methoxy groups -OCH3 is 1. The molecule has 0 aliphatic carbocycles. The van der Waals surface area contributed by atoms with Crippen molar-refractivity contribution < 1.29 is 4.74 Å². The Kier molecular flexibility index (Phi) is 5.02. The van der Waals surface area contributed by atoms with Crippen LogP contribution in [0.25, 0.3) is 0 Å². The molecule has 1 unspecified atom stereocenters. The first-order chi connectivity index (χ1) is 9.15. The zero-order valence-electron chi connectivity index (χ0n) is 11.4. The van der Waals surface area contributed by atoms with Crippen molar-refractivity contribution in [3.8, 4) is 5.75 Å². The van der Waals surface area contributed by atoms with E-state index in [0.29, 0.717) is 0 Å². The zero-order chi connectivity index (χ0) is 13.8. The van der Waals surface area contributed by atoms with E-state index in [1.807, 2.05) is 6.07 Å². The average Bonchev–Trinajstić information content (AvgIpc) is 2.83. The molecular formula is C15H18BrNOS. The van der Waals surface area contributed by atoms with Gasteiger partial charge in [-0.25, -0.2) is 0 Å². The number of hydrogen-bond donors (Lipinski definition) is 1. The molecule has 0 spiro atoms. The molecule has 2 nitrogen and oxygen atoms in total. The molecule has 0 aliphatic rings. The Hall–Kier alpha value is -0.840. The van der Waals surface area contributed by atoms with Crippen LogP contribution >= 0.6 is 27.3 Å². The van der Waals surface area contributed by atoms with Gasteiger partial charge in [0.05, 0.1) is 16.9 Å². The molecule has 1 aromatic carbocycles. The second-order valence-electron chi connectivity index (χ2n) is 4.36. The summed E-state index contributed by atoms with van der Waals surface area (Å²) in [6, 6.07) is 10.8. The number of benzene rings is 1. The fourth-order valence-corrected chi connectivity index (χ4v) is 3.67. The van der Waals surface area contributed by atoms with Gasteiger partial charge in [0.1, 0.15) is 5.75 Å².